The number of rotatable bonds is 1. The fraction of sp³-hybridized carbons (Fsp3) is 0.300. The van der Waals surface area contributed by atoms with Crippen LogP contribution in [0.5, 0.6) is 0 Å². The molecule has 0 aromatic heterocycles. The number of ketones is 1. The highest BCUT2D eigenvalue weighted by atomic mass is 16.1. The van der Waals surface area contributed by atoms with Gasteiger partial charge in [0.2, 0.25) is 0 Å². The zero-order chi connectivity index (χ0) is 10.4. The minimum Gasteiger partial charge on any atom is -0.397 e. The lowest BCUT2D eigenvalue weighted by molar-refractivity contribution is 0.101. The molecule has 0 saturated heterocycles. The van der Waals surface area contributed by atoms with Crippen LogP contribution in [0.25, 0.3) is 0 Å². The summed E-state index contributed by atoms with van der Waals surface area (Å²) in [5.41, 5.74) is 12.3. The Labute approximate surface area is 78.7 Å². The summed E-state index contributed by atoms with van der Waals surface area (Å²) >= 11 is 0. The van der Waals surface area contributed by atoms with Crippen molar-refractivity contribution in [1.29, 1.82) is 0 Å². The number of nitrogen functional groups attached to an aromatic ring is 2. The van der Waals surface area contributed by atoms with Gasteiger partial charge in [0.25, 0.3) is 0 Å². The van der Waals surface area contributed by atoms with Crippen LogP contribution in [-0.2, 0) is 0 Å². The van der Waals surface area contributed by atoms with E-state index >= 15 is 0 Å². The van der Waals surface area contributed by atoms with Gasteiger partial charge in [-0.15, -0.1) is 0 Å². The van der Waals surface area contributed by atoms with E-state index in [1.165, 1.54) is 6.92 Å². The topological polar surface area (TPSA) is 69.1 Å². The second-order valence-electron chi connectivity index (χ2n) is 2.36. The van der Waals surface area contributed by atoms with Crippen LogP contribution in [0.4, 0.5) is 11.4 Å². The molecule has 3 nitrogen and oxygen atoms in total. The molecular weight excluding hydrogens is 164 g/mol. The van der Waals surface area contributed by atoms with Crippen LogP contribution >= 0.6 is 0 Å². The lowest BCUT2D eigenvalue weighted by Crippen LogP contribution is -2.02. The van der Waals surface area contributed by atoms with E-state index in [1.807, 2.05) is 13.8 Å². The molecule has 0 radical (unpaired) electrons. The van der Waals surface area contributed by atoms with Gasteiger partial charge in [0.1, 0.15) is 0 Å². The molecule has 0 saturated carbocycles. The summed E-state index contributed by atoms with van der Waals surface area (Å²) in [4.78, 5) is 10.9. The summed E-state index contributed by atoms with van der Waals surface area (Å²) in [5, 5.41) is 0. The zero-order valence-electron chi connectivity index (χ0n) is 8.29. The summed E-state index contributed by atoms with van der Waals surface area (Å²) in [6.07, 6.45) is 0. The van der Waals surface area contributed by atoms with Gasteiger partial charge in [-0.1, -0.05) is 19.9 Å². The molecule has 72 valence electrons. The van der Waals surface area contributed by atoms with E-state index in [-0.39, 0.29) is 5.78 Å². The maximum atomic E-state index is 10.9. The van der Waals surface area contributed by atoms with Crippen LogP contribution in [0.1, 0.15) is 31.1 Å². The summed E-state index contributed by atoms with van der Waals surface area (Å²) < 4.78 is 0. The van der Waals surface area contributed by atoms with Crippen molar-refractivity contribution in [2.45, 2.75) is 20.8 Å². The molecule has 13 heavy (non-hydrogen) atoms. The minimum absolute atomic E-state index is 0.0604. The van der Waals surface area contributed by atoms with Crippen LogP contribution in [0.3, 0.4) is 0 Å². The average Bonchev–Trinajstić information content (AvgIpc) is 2.13. The third kappa shape index (κ3) is 2.78. The number of carbonyl (C=O) groups excluding carboxylic acids is 1. The van der Waals surface area contributed by atoms with Gasteiger partial charge in [0, 0.05) is 5.56 Å². The van der Waals surface area contributed by atoms with E-state index < -0.39 is 0 Å². The smallest absolute Gasteiger partial charge is 0.161 e. The number of benzene rings is 1. The number of hydrogen-bond donors (Lipinski definition) is 2. The van der Waals surface area contributed by atoms with Crippen molar-refractivity contribution in [2.24, 2.45) is 0 Å². The first-order valence-corrected chi connectivity index (χ1v) is 4.28. The van der Waals surface area contributed by atoms with E-state index in [0.717, 1.165) is 0 Å². The Hall–Kier alpha value is -1.51. The van der Waals surface area contributed by atoms with Gasteiger partial charge >= 0.3 is 0 Å². The van der Waals surface area contributed by atoms with Crippen molar-refractivity contribution in [3.05, 3.63) is 23.8 Å². The van der Waals surface area contributed by atoms with Crippen LogP contribution in [0.2, 0.25) is 0 Å². The summed E-state index contributed by atoms with van der Waals surface area (Å²) in [6.45, 7) is 5.46. The fourth-order valence-electron chi connectivity index (χ4n) is 0.890. The Kier molecular flexibility index (Phi) is 4.59. The second kappa shape index (κ2) is 5.19. The molecule has 1 aromatic carbocycles. The Bertz CT molecular complexity index is 295. The molecule has 0 aliphatic rings. The minimum atomic E-state index is -0.0604. The molecule has 0 fully saturated rings. The third-order valence-electron chi connectivity index (χ3n) is 1.52. The third-order valence-corrected chi connectivity index (χ3v) is 1.52. The molecule has 0 bridgehead atoms. The molecule has 0 unspecified atom stereocenters. The highest BCUT2D eigenvalue weighted by molar-refractivity contribution is 6.01. The van der Waals surface area contributed by atoms with E-state index in [4.69, 9.17) is 11.5 Å². The van der Waals surface area contributed by atoms with Crippen molar-refractivity contribution in [3.63, 3.8) is 0 Å². The highest BCUT2D eigenvalue weighted by Crippen LogP contribution is 2.19. The van der Waals surface area contributed by atoms with E-state index in [1.54, 1.807) is 18.2 Å². The number of carbonyl (C=O) groups is 1. The number of para-hydroxylation sites is 1. The zero-order valence-corrected chi connectivity index (χ0v) is 8.29. The molecule has 0 aliphatic heterocycles. The van der Waals surface area contributed by atoms with Gasteiger partial charge in [0.15, 0.2) is 5.78 Å². The Balaban J connectivity index is 0.000000671. The lowest BCUT2D eigenvalue weighted by Gasteiger charge is -2.03. The van der Waals surface area contributed by atoms with Crippen molar-refractivity contribution in [2.75, 3.05) is 11.5 Å². The average molecular weight is 180 g/mol. The first kappa shape index (κ1) is 11.5. The van der Waals surface area contributed by atoms with Crippen molar-refractivity contribution in [1.82, 2.24) is 0 Å². The maximum Gasteiger partial charge on any atom is 0.161 e. The number of hydrogen-bond acceptors (Lipinski definition) is 3. The van der Waals surface area contributed by atoms with Crippen LogP contribution in [0, 0.1) is 0 Å². The number of nitrogens with two attached hydrogens (primary N) is 2. The molecule has 4 N–H and O–H groups in total. The molecule has 0 spiro atoms. The largest absolute Gasteiger partial charge is 0.397 e. The van der Waals surface area contributed by atoms with Gasteiger partial charge in [-0.25, -0.2) is 0 Å². The lowest BCUT2D eigenvalue weighted by atomic mass is 10.1. The van der Waals surface area contributed by atoms with Gasteiger partial charge in [0.05, 0.1) is 11.4 Å². The van der Waals surface area contributed by atoms with Crippen LogP contribution in [-0.4, -0.2) is 5.78 Å². The van der Waals surface area contributed by atoms with Gasteiger partial charge in [-0.3, -0.25) is 4.79 Å². The number of Topliss-reactive ketones (excluding diaryl/α,β-unsaturated/α-hetero) is 1. The highest BCUT2D eigenvalue weighted by Gasteiger charge is 2.04. The Morgan fingerprint density at radius 1 is 1.23 bits per heavy atom. The molecule has 1 aromatic rings. The summed E-state index contributed by atoms with van der Waals surface area (Å²) in [7, 11) is 0. The SMILES string of the molecule is CC.CC(=O)c1cccc(N)c1N. The van der Waals surface area contributed by atoms with E-state index in [9.17, 15) is 4.79 Å². The molecule has 0 amide bonds. The molecule has 0 aliphatic carbocycles. The normalized spacial score (nSPS) is 8.54. The van der Waals surface area contributed by atoms with Crippen LogP contribution in [0.15, 0.2) is 18.2 Å². The first-order chi connectivity index (χ1) is 6.13. The van der Waals surface area contributed by atoms with Crippen molar-refractivity contribution >= 4 is 17.2 Å². The Morgan fingerprint density at radius 2 is 1.77 bits per heavy atom. The number of anilines is 2. The van der Waals surface area contributed by atoms with E-state index in [2.05, 4.69) is 0 Å². The van der Waals surface area contributed by atoms with Gasteiger partial charge in [-0.2, -0.15) is 0 Å². The maximum absolute atomic E-state index is 10.9. The summed E-state index contributed by atoms with van der Waals surface area (Å²) in [6, 6.07) is 5.04. The quantitative estimate of drug-likeness (QED) is 0.513. The van der Waals surface area contributed by atoms with Gasteiger partial charge < -0.3 is 11.5 Å². The van der Waals surface area contributed by atoms with Crippen molar-refractivity contribution in [3.8, 4) is 0 Å². The fourth-order valence-corrected chi connectivity index (χ4v) is 0.890. The second-order valence-corrected chi connectivity index (χ2v) is 2.36. The predicted octanol–water partition coefficient (Wildman–Crippen LogP) is 2.08. The van der Waals surface area contributed by atoms with E-state index in [0.29, 0.717) is 16.9 Å². The Morgan fingerprint density at radius 3 is 2.15 bits per heavy atom. The van der Waals surface area contributed by atoms with Gasteiger partial charge in [-0.05, 0) is 19.1 Å². The molecule has 0 atom stereocenters. The molecular formula is C10H16N2O. The van der Waals surface area contributed by atoms with Crippen molar-refractivity contribution < 1.29 is 4.79 Å². The monoisotopic (exact) mass is 180 g/mol. The standard InChI is InChI=1S/C8H10N2O.C2H6/c1-5(11)6-3-2-4-7(9)8(6)10;1-2/h2-4H,9-10H2,1H3;1-2H3. The first-order valence-electron chi connectivity index (χ1n) is 4.28. The molecule has 3 heteroatoms. The van der Waals surface area contributed by atoms with Crippen LogP contribution < -0.4 is 11.5 Å². The molecule has 0 heterocycles. The molecule has 1 rings (SSSR count). The summed E-state index contributed by atoms with van der Waals surface area (Å²) in [5.74, 6) is -0.0604. The predicted molar refractivity (Wildman–Crippen MR) is 56.6 cm³/mol.